The number of benzene rings is 1. The first kappa shape index (κ1) is 15.6. The molecule has 0 aliphatic heterocycles. The molecule has 1 aromatic heterocycles. The van der Waals surface area contributed by atoms with Gasteiger partial charge >= 0.3 is 6.09 Å². The molecule has 2 rings (SSSR count). The Balaban J connectivity index is 1.67. The number of carbonyl (C=O) groups is 1. The fraction of sp³-hybridized carbons (Fsp3) is 0.222. The van der Waals surface area contributed by atoms with E-state index in [1.54, 1.807) is 12.4 Å². The highest BCUT2D eigenvalue weighted by atomic mass is 16.5. The summed E-state index contributed by atoms with van der Waals surface area (Å²) >= 11 is 0. The molecule has 1 amide bonds. The highest BCUT2D eigenvalue weighted by molar-refractivity contribution is 5.67. The van der Waals surface area contributed by atoms with Crippen LogP contribution in [0.3, 0.4) is 0 Å². The number of carbonyl (C=O) groups excluding carboxylic acids is 1. The molecule has 0 atom stereocenters. The predicted molar refractivity (Wildman–Crippen MR) is 85.1 cm³/mol. The fourth-order valence-electron chi connectivity index (χ4n) is 1.77. The second-order valence-corrected chi connectivity index (χ2v) is 4.73. The lowest BCUT2D eigenvalue weighted by Crippen LogP contribution is -2.24. The minimum absolute atomic E-state index is 0.272. The Morgan fingerprint density at radius 1 is 1.27 bits per heavy atom. The molecule has 0 saturated carbocycles. The van der Waals surface area contributed by atoms with Crippen LogP contribution in [0.2, 0.25) is 0 Å². The summed E-state index contributed by atoms with van der Waals surface area (Å²) in [5.41, 5.74) is 2.97. The minimum Gasteiger partial charge on any atom is -0.445 e. The zero-order valence-corrected chi connectivity index (χ0v) is 12.5. The van der Waals surface area contributed by atoms with Crippen molar-refractivity contribution in [2.45, 2.75) is 20.0 Å². The Hall–Kier alpha value is -2.80. The molecule has 4 heteroatoms. The van der Waals surface area contributed by atoms with Crippen LogP contribution in [0.5, 0.6) is 0 Å². The molecule has 1 N–H and O–H groups in total. The Morgan fingerprint density at radius 3 is 2.86 bits per heavy atom. The summed E-state index contributed by atoms with van der Waals surface area (Å²) in [5, 5.41) is 2.68. The molecule has 0 bridgehead atoms. The van der Waals surface area contributed by atoms with E-state index in [1.807, 2.05) is 43.3 Å². The van der Waals surface area contributed by atoms with Gasteiger partial charge in [-0.2, -0.15) is 0 Å². The van der Waals surface area contributed by atoms with Crippen LogP contribution in [0.1, 0.15) is 23.1 Å². The molecule has 0 spiro atoms. The first-order valence-electron chi connectivity index (χ1n) is 7.10. The van der Waals surface area contributed by atoms with Crippen LogP contribution >= 0.6 is 0 Å². The van der Waals surface area contributed by atoms with Crippen molar-refractivity contribution >= 4 is 6.09 Å². The van der Waals surface area contributed by atoms with E-state index >= 15 is 0 Å². The van der Waals surface area contributed by atoms with E-state index in [-0.39, 0.29) is 6.61 Å². The highest BCUT2D eigenvalue weighted by Crippen LogP contribution is 2.02. The Kier molecular flexibility index (Phi) is 6.01. The molecular formula is C18H18N2O2. The summed E-state index contributed by atoms with van der Waals surface area (Å²) in [6.45, 7) is 2.70. The molecule has 0 unspecified atom stereocenters. The van der Waals surface area contributed by atoms with E-state index in [1.165, 1.54) is 0 Å². The molecule has 0 fully saturated rings. The van der Waals surface area contributed by atoms with E-state index < -0.39 is 6.09 Å². The van der Waals surface area contributed by atoms with Gasteiger partial charge < -0.3 is 10.1 Å². The maximum Gasteiger partial charge on any atom is 0.407 e. The summed E-state index contributed by atoms with van der Waals surface area (Å²) in [7, 11) is 0. The molecule has 112 valence electrons. The second-order valence-electron chi connectivity index (χ2n) is 4.73. The quantitative estimate of drug-likeness (QED) is 0.696. The minimum atomic E-state index is -0.425. The van der Waals surface area contributed by atoms with Crippen LogP contribution in [0.25, 0.3) is 0 Å². The number of rotatable bonds is 4. The van der Waals surface area contributed by atoms with E-state index in [2.05, 4.69) is 22.1 Å². The third-order valence-corrected chi connectivity index (χ3v) is 2.98. The standard InChI is InChI=1S/C18H18N2O2/c1-15-13-19-12-10-17(15)9-5-6-11-20-18(21)22-14-16-7-3-2-4-8-16/h2-4,7-8,10,12-13H,6,11,14H2,1H3,(H,20,21). The van der Waals surface area contributed by atoms with Crippen molar-refractivity contribution in [1.82, 2.24) is 10.3 Å². The van der Waals surface area contributed by atoms with Gasteiger partial charge in [-0.15, -0.1) is 0 Å². The first-order valence-corrected chi connectivity index (χ1v) is 7.10. The van der Waals surface area contributed by atoms with Crippen molar-refractivity contribution in [3.05, 3.63) is 65.5 Å². The number of ether oxygens (including phenoxy) is 1. The van der Waals surface area contributed by atoms with E-state index in [9.17, 15) is 4.79 Å². The largest absolute Gasteiger partial charge is 0.445 e. The van der Waals surface area contributed by atoms with Gasteiger partial charge in [0.15, 0.2) is 0 Å². The molecule has 22 heavy (non-hydrogen) atoms. The zero-order chi connectivity index (χ0) is 15.6. The van der Waals surface area contributed by atoms with E-state index in [0.717, 1.165) is 16.7 Å². The average Bonchev–Trinajstić information content (AvgIpc) is 2.55. The van der Waals surface area contributed by atoms with Gasteiger partial charge in [-0.25, -0.2) is 4.79 Å². The number of hydrogen-bond donors (Lipinski definition) is 1. The van der Waals surface area contributed by atoms with Gasteiger partial charge in [-0.3, -0.25) is 4.98 Å². The lowest BCUT2D eigenvalue weighted by molar-refractivity contribution is 0.140. The number of aryl methyl sites for hydroxylation is 1. The monoisotopic (exact) mass is 294 g/mol. The van der Waals surface area contributed by atoms with Crippen LogP contribution in [0, 0.1) is 18.8 Å². The van der Waals surface area contributed by atoms with Crippen molar-refractivity contribution in [2.75, 3.05) is 6.54 Å². The van der Waals surface area contributed by atoms with Gasteiger partial charge in [0.1, 0.15) is 6.61 Å². The molecule has 2 aromatic rings. The number of aromatic nitrogens is 1. The number of amides is 1. The third kappa shape index (κ3) is 5.29. The molecule has 0 aliphatic carbocycles. The molecule has 1 aromatic carbocycles. The third-order valence-electron chi connectivity index (χ3n) is 2.98. The van der Waals surface area contributed by atoms with Crippen molar-refractivity contribution in [3.63, 3.8) is 0 Å². The lowest BCUT2D eigenvalue weighted by atomic mass is 10.1. The zero-order valence-electron chi connectivity index (χ0n) is 12.5. The average molecular weight is 294 g/mol. The molecular weight excluding hydrogens is 276 g/mol. The topological polar surface area (TPSA) is 51.2 Å². The number of nitrogens with zero attached hydrogens (tertiary/aromatic N) is 1. The van der Waals surface area contributed by atoms with Crippen LogP contribution in [-0.4, -0.2) is 17.6 Å². The fourth-order valence-corrected chi connectivity index (χ4v) is 1.77. The number of nitrogens with one attached hydrogen (secondary N) is 1. The summed E-state index contributed by atoms with van der Waals surface area (Å²) in [5.74, 6) is 6.09. The number of hydrogen-bond acceptors (Lipinski definition) is 3. The number of pyridine rings is 1. The molecule has 1 heterocycles. The smallest absolute Gasteiger partial charge is 0.407 e. The molecule has 0 radical (unpaired) electrons. The van der Waals surface area contributed by atoms with Crippen LogP contribution in [-0.2, 0) is 11.3 Å². The molecule has 4 nitrogen and oxygen atoms in total. The highest BCUT2D eigenvalue weighted by Gasteiger charge is 2.00. The van der Waals surface area contributed by atoms with Gasteiger partial charge in [0.2, 0.25) is 0 Å². The van der Waals surface area contributed by atoms with Crippen molar-refractivity contribution in [3.8, 4) is 11.8 Å². The van der Waals surface area contributed by atoms with Crippen molar-refractivity contribution < 1.29 is 9.53 Å². The number of alkyl carbamates (subject to hydrolysis) is 1. The van der Waals surface area contributed by atoms with Crippen molar-refractivity contribution in [2.24, 2.45) is 0 Å². The Labute approximate surface area is 130 Å². The Bertz CT molecular complexity index is 672. The van der Waals surface area contributed by atoms with Crippen LogP contribution < -0.4 is 5.32 Å². The maximum absolute atomic E-state index is 11.5. The second kappa shape index (κ2) is 8.48. The summed E-state index contributed by atoms with van der Waals surface area (Å²) in [4.78, 5) is 15.5. The predicted octanol–water partition coefficient (Wildman–Crippen LogP) is 3.06. The van der Waals surface area contributed by atoms with E-state index in [0.29, 0.717) is 13.0 Å². The normalized spacial score (nSPS) is 9.50. The summed E-state index contributed by atoms with van der Waals surface area (Å²) in [6.07, 6.45) is 3.65. The van der Waals surface area contributed by atoms with Gasteiger partial charge in [-0.05, 0) is 24.1 Å². The maximum atomic E-state index is 11.5. The SMILES string of the molecule is Cc1cnccc1C#CCCNC(=O)OCc1ccccc1. The lowest BCUT2D eigenvalue weighted by Gasteiger charge is -2.05. The van der Waals surface area contributed by atoms with Crippen LogP contribution in [0.4, 0.5) is 4.79 Å². The Morgan fingerprint density at radius 2 is 2.09 bits per heavy atom. The van der Waals surface area contributed by atoms with Gasteiger partial charge in [0, 0.05) is 30.9 Å². The van der Waals surface area contributed by atoms with Crippen molar-refractivity contribution in [1.29, 1.82) is 0 Å². The summed E-state index contributed by atoms with van der Waals surface area (Å²) < 4.78 is 5.11. The van der Waals surface area contributed by atoms with Crippen LogP contribution in [0.15, 0.2) is 48.8 Å². The van der Waals surface area contributed by atoms with E-state index in [4.69, 9.17) is 4.74 Å². The summed E-state index contributed by atoms with van der Waals surface area (Å²) in [6, 6.07) is 11.4. The van der Waals surface area contributed by atoms with Gasteiger partial charge in [-0.1, -0.05) is 42.2 Å². The molecule has 0 aliphatic rings. The van der Waals surface area contributed by atoms with Gasteiger partial charge in [0.25, 0.3) is 0 Å². The first-order chi connectivity index (χ1) is 10.8. The molecule has 0 saturated heterocycles. The van der Waals surface area contributed by atoms with Gasteiger partial charge in [0.05, 0.1) is 0 Å².